The van der Waals surface area contributed by atoms with Gasteiger partial charge >= 0.3 is 23.9 Å². The Morgan fingerprint density at radius 2 is 1.36 bits per heavy atom. The summed E-state index contributed by atoms with van der Waals surface area (Å²) in [6.45, 7) is 5.78. The van der Waals surface area contributed by atoms with E-state index >= 15 is 0 Å². The van der Waals surface area contributed by atoms with Crippen molar-refractivity contribution in [3.05, 3.63) is 0 Å². The van der Waals surface area contributed by atoms with Crippen molar-refractivity contribution in [1.82, 2.24) is 5.32 Å². The fourth-order valence-corrected chi connectivity index (χ4v) is 2.61. The zero-order valence-electron chi connectivity index (χ0n) is 16.4. The maximum atomic E-state index is 11.9. The van der Waals surface area contributed by atoms with E-state index in [1.54, 1.807) is 6.92 Å². The summed E-state index contributed by atoms with van der Waals surface area (Å²) >= 11 is 0. The zero-order valence-corrected chi connectivity index (χ0v) is 16.4. The van der Waals surface area contributed by atoms with Crippen LogP contribution in [-0.4, -0.2) is 67.0 Å². The number of hydrogen-bond donors (Lipinski definition) is 1. The van der Waals surface area contributed by atoms with Gasteiger partial charge in [-0.15, -0.1) is 0 Å². The van der Waals surface area contributed by atoms with E-state index in [0.29, 0.717) is 0 Å². The number of rotatable bonds is 7. The molecular formula is C17H25NO10. The maximum Gasteiger partial charge on any atom is 0.305 e. The topological polar surface area (TPSA) is 144 Å². The largest absolute Gasteiger partial charge is 0.463 e. The first kappa shape index (κ1) is 23.3. The molecule has 1 saturated heterocycles. The predicted octanol–water partition coefficient (Wildman–Crippen LogP) is -0.404. The van der Waals surface area contributed by atoms with E-state index in [1.807, 2.05) is 0 Å². The molecule has 0 aromatic rings. The summed E-state index contributed by atoms with van der Waals surface area (Å²) in [6, 6.07) is -1.15. The third-order valence-corrected chi connectivity index (χ3v) is 3.63. The molecule has 1 amide bonds. The lowest BCUT2D eigenvalue weighted by Crippen LogP contribution is -2.66. The monoisotopic (exact) mass is 403 g/mol. The third kappa shape index (κ3) is 7.14. The summed E-state index contributed by atoms with van der Waals surface area (Å²) in [5, 5.41) is 2.55. The Bertz CT molecular complexity index is 619. The van der Waals surface area contributed by atoms with E-state index in [2.05, 4.69) is 5.32 Å². The standard InChI is InChI=1S/C17H25NO10/c1-6-13(23)18-14-16(26-10(4)21)15(25-9(3)20)12(7-24-8(2)19)28-17(14)27-11(5)22/h12,14-17H,6-7H2,1-5H3,(H,18,23)/t12-,14-,15+,16+,17-/m0/s1. The molecule has 0 aromatic heterocycles. The minimum absolute atomic E-state index is 0.0885. The summed E-state index contributed by atoms with van der Waals surface area (Å²) in [5.74, 6) is -3.24. The van der Waals surface area contributed by atoms with Gasteiger partial charge in [0.05, 0.1) is 0 Å². The Hall–Kier alpha value is -2.69. The fourth-order valence-electron chi connectivity index (χ4n) is 2.61. The first-order valence-electron chi connectivity index (χ1n) is 8.65. The van der Waals surface area contributed by atoms with Crippen molar-refractivity contribution in [2.24, 2.45) is 0 Å². The highest BCUT2D eigenvalue weighted by molar-refractivity contribution is 5.76. The molecule has 1 aliphatic heterocycles. The van der Waals surface area contributed by atoms with Gasteiger partial charge in [0.15, 0.2) is 12.2 Å². The molecule has 0 spiro atoms. The summed E-state index contributed by atoms with van der Waals surface area (Å²) in [4.78, 5) is 57.8. The molecule has 1 heterocycles. The van der Waals surface area contributed by atoms with Crippen molar-refractivity contribution in [3.63, 3.8) is 0 Å². The van der Waals surface area contributed by atoms with Crippen LogP contribution in [0.2, 0.25) is 0 Å². The number of nitrogens with one attached hydrogen (secondary N) is 1. The molecule has 1 aliphatic rings. The second-order valence-corrected chi connectivity index (χ2v) is 6.05. The number of ether oxygens (including phenoxy) is 5. The molecule has 5 atom stereocenters. The molecule has 0 bridgehead atoms. The van der Waals surface area contributed by atoms with E-state index in [-0.39, 0.29) is 13.0 Å². The average Bonchev–Trinajstić information content (AvgIpc) is 2.56. The summed E-state index contributed by atoms with van der Waals surface area (Å²) in [6.07, 6.45) is -4.88. The Morgan fingerprint density at radius 3 is 1.82 bits per heavy atom. The number of carbonyl (C=O) groups is 5. The van der Waals surface area contributed by atoms with Crippen LogP contribution in [0.3, 0.4) is 0 Å². The highest BCUT2D eigenvalue weighted by Gasteiger charge is 2.52. The Morgan fingerprint density at radius 1 is 0.821 bits per heavy atom. The van der Waals surface area contributed by atoms with E-state index in [9.17, 15) is 24.0 Å². The highest BCUT2D eigenvalue weighted by Crippen LogP contribution is 2.28. The predicted molar refractivity (Wildman–Crippen MR) is 90.4 cm³/mol. The van der Waals surface area contributed by atoms with Crippen LogP contribution in [0.15, 0.2) is 0 Å². The molecule has 28 heavy (non-hydrogen) atoms. The van der Waals surface area contributed by atoms with Crippen LogP contribution < -0.4 is 5.32 Å². The number of hydrogen-bond acceptors (Lipinski definition) is 10. The van der Waals surface area contributed by atoms with Crippen molar-refractivity contribution in [1.29, 1.82) is 0 Å². The molecule has 0 aromatic carbocycles. The second-order valence-electron chi connectivity index (χ2n) is 6.05. The van der Waals surface area contributed by atoms with E-state index in [4.69, 9.17) is 23.7 Å². The molecule has 0 radical (unpaired) electrons. The first-order valence-corrected chi connectivity index (χ1v) is 8.65. The minimum Gasteiger partial charge on any atom is -0.463 e. The molecule has 1 N–H and O–H groups in total. The molecule has 1 rings (SSSR count). The van der Waals surface area contributed by atoms with E-state index in [1.165, 1.54) is 6.92 Å². The smallest absolute Gasteiger partial charge is 0.305 e. The van der Waals surface area contributed by atoms with Gasteiger partial charge in [0.25, 0.3) is 0 Å². The van der Waals surface area contributed by atoms with E-state index in [0.717, 1.165) is 20.8 Å². The lowest BCUT2D eigenvalue weighted by Gasteiger charge is -2.44. The van der Waals surface area contributed by atoms with Gasteiger partial charge in [0.1, 0.15) is 18.8 Å². The number of carbonyl (C=O) groups excluding carboxylic acids is 5. The summed E-state index contributed by atoms with van der Waals surface area (Å²) in [7, 11) is 0. The van der Waals surface area contributed by atoms with Gasteiger partial charge in [-0.3, -0.25) is 24.0 Å². The quantitative estimate of drug-likeness (QED) is 0.440. The van der Waals surface area contributed by atoms with Crippen molar-refractivity contribution >= 4 is 29.8 Å². The maximum absolute atomic E-state index is 11.9. The van der Waals surface area contributed by atoms with Gasteiger partial charge in [-0.25, -0.2) is 0 Å². The van der Waals surface area contributed by atoms with Crippen molar-refractivity contribution in [2.75, 3.05) is 6.61 Å². The highest BCUT2D eigenvalue weighted by atomic mass is 16.7. The van der Waals surface area contributed by atoms with Crippen molar-refractivity contribution in [2.45, 2.75) is 71.7 Å². The second kappa shape index (κ2) is 10.6. The van der Waals surface area contributed by atoms with Gasteiger partial charge in [-0.05, 0) is 0 Å². The van der Waals surface area contributed by atoms with Gasteiger partial charge in [-0.2, -0.15) is 0 Å². The Labute approximate surface area is 161 Å². The van der Waals surface area contributed by atoms with Gasteiger partial charge in [0.2, 0.25) is 12.2 Å². The SMILES string of the molecule is CCC(=O)N[C@@H]1[C@@H](OC(C)=O)O[C@@H](COC(C)=O)[C@@H](OC(C)=O)[C@@H]1OC(C)=O. The number of amides is 1. The molecule has 158 valence electrons. The van der Waals surface area contributed by atoms with E-state index < -0.39 is 60.4 Å². The van der Waals surface area contributed by atoms with Crippen LogP contribution in [0.5, 0.6) is 0 Å². The van der Waals surface area contributed by atoms with Crippen LogP contribution >= 0.6 is 0 Å². The lowest BCUT2D eigenvalue weighted by atomic mass is 9.96. The molecule has 11 heteroatoms. The van der Waals surface area contributed by atoms with Gasteiger partial charge < -0.3 is 29.0 Å². The average molecular weight is 403 g/mol. The molecule has 0 aliphatic carbocycles. The fraction of sp³-hybridized carbons (Fsp3) is 0.706. The molecule has 1 fully saturated rings. The van der Waals surface area contributed by atoms with Gasteiger partial charge in [0, 0.05) is 34.1 Å². The molecule has 0 saturated carbocycles. The van der Waals surface area contributed by atoms with Crippen LogP contribution in [0, 0.1) is 0 Å². The Balaban J connectivity index is 3.31. The summed E-state index contributed by atoms with van der Waals surface area (Å²) < 4.78 is 26.1. The van der Waals surface area contributed by atoms with Crippen LogP contribution in [0.1, 0.15) is 41.0 Å². The number of esters is 4. The van der Waals surface area contributed by atoms with Crippen molar-refractivity contribution < 1.29 is 47.7 Å². The minimum atomic E-state index is -1.37. The van der Waals surface area contributed by atoms with Crippen molar-refractivity contribution in [3.8, 4) is 0 Å². The van der Waals surface area contributed by atoms with Crippen LogP contribution in [0.4, 0.5) is 0 Å². The molecular weight excluding hydrogens is 378 g/mol. The summed E-state index contributed by atoms with van der Waals surface area (Å²) in [5.41, 5.74) is 0. The molecule has 0 unspecified atom stereocenters. The first-order chi connectivity index (χ1) is 13.0. The Kier molecular flexibility index (Phi) is 8.83. The van der Waals surface area contributed by atoms with Crippen LogP contribution in [0.25, 0.3) is 0 Å². The normalized spacial score (nSPS) is 26.5. The lowest BCUT2D eigenvalue weighted by molar-refractivity contribution is -0.271. The third-order valence-electron chi connectivity index (χ3n) is 3.63. The molecule has 11 nitrogen and oxygen atoms in total. The van der Waals surface area contributed by atoms with Crippen LogP contribution in [-0.2, 0) is 47.7 Å². The van der Waals surface area contributed by atoms with Gasteiger partial charge in [-0.1, -0.05) is 6.92 Å². The zero-order chi connectivity index (χ0) is 21.4.